The Bertz CT molecular complexity index is 1960. The smallest absolute Gasteiger partial charge is 0.410 e. The molecule has 1 heterocycles. The minimum Gasteiger partial charge on any atom is -0.508 e. The highest BCUT2D eigenvalue weighted by Crippen LogP contribution is 2.62. The number of fused-ring (bicyclic) bond motifs is 3. The van der Waals surface area contributed by atoms with Crippen molar-refractivity contribution < 1.29 is 39.2 Å². The maximum atomic E-state index is 15.0. The van der Waals surface area contributed by atoms with Crippen LogP contribution < -0.4 is 4.74 Å². The van der Waals surface area contributed by atoms with Gasteiger partial charge in [-0.15, -0.1) is 6.58 Å². The Balaban J connectivity index is 1.44. The van der Waals surface area contributed by atoms with E-state index in [0.29, 0.717) is 31.8 Å². The van der Waals surface area contributed by atoms with Crippen molar-refractivity contribution >= 4 is 22.6 Å². The summed E-state index contributed by atoms with van der Waals surface area (Å²) in [6.45, 7) is 9.50. The third-order valence-electron chi connectivity index (χ3n) is 13.5. The van der Waals surface area contributed by atoms with Gasteiger partial charge in [0.2, 0.25) is 5.79 Å². The molecule has 0 spiro atoms. The molecular formula is C53H74N2O8. The second-order valence-electron chi connectivity index (χ2n) is 17.8. The van der Waals surface area contributed by atoms with Crippen molar-refractivity contribution in [3.63, 3.8) is 0 Å². The van der Waals surface area contributed by atoms with Gasteiger partial charge < -0.3 is 34.4 Å². The monoisotopic (exact) mass is 867 g/mol. The second kappa shape index (κ2) is 24.6. The molecule has 10 heteroatoms. The molecule has 6 atom stereocenters. The van der Waals surface area contributed by atoms with E-state index in [4.69, 9.17) is 24.2 Å². The lowest BCUT2D eigenvalue weighted by Gasteiger charge is -2.59. The average molecular weight is 867 g/mol. The Labute approximate surface area is 376 Å². The number of ether oxygens (including phenoxy) is 3. The number of allylic oxidation sites excluding steroid dienone is 1. The molecule has 3 N–H and O–H groups in total. The summed E-state index contributed by atoms with van der Waals surface area (Å²) in [6, 6.07) is 19.0. The first kappa shape index (κ1) is 48.1. The molecule has 63 heavy (non-hydrogen) atoms. The van der Waals surface area contributed by atoms with Crippen molar-refractivity contribution in [2.75, 3.05) is 33.0 Å². The molecule has 3 aromatic rings. The van der Waals surface area contributed by atoms with Crippen molar-refractivity contribution in [1.29, 1.82) is 0 Å². The zero-order valence-corrected chi connectivity index (χ0v) is 38.1. The Morgan fingerprint density at radius 2 is 1.60 bits per heavy atom. The fourth-order valence-corrected chi connectivity index (χ4v) is 10.5. The highest BCUT2D eigenvalue weighted by Gasteiger charge is 2.65. The van der Waals surface area contributed by atoms with Gasteiger partial charge in [0.05, 0.1) is 31.4 Å². The van der Waals surface area contributed by atoms with Gasteiger partial charge in [-0.05, 0) is 91.0 Å². The van der Waals surface area contributed by atoms with E-state index in [0.717, 1.165) is 78.1 Å². The van der Waals surface area contributed by atoms with Crippen LogP contribution in [-0.2, 0) is 20.9 Å². The molecule has 2 aliphatic carbocycles. The van der Waals surface area contributed by atoms with Gasteiger partial charge in [-0.1, -0.05) is 137 Å². The van der Waals surface area contributed by atoms with Gasteiger partial charge in [-0.25, -0.2) is 4.79 Å². The Morgan fingerprint density at radius 3 is 2.33 bits per heavy atom. The van der Waals surface area contributed by atoms with Crippen LogP contribution in [0.25, 0.3) is 10.8 Å². The molecule has 3 aliphatic rings. The van der Waals surface area contributed by atoms with Gasteiger partial charge in [-0.2, -0.15) is 0 Å². The third-order valence-corrected chi connectivity index (χ3v) is 13.5. The van der Waals surface area contributed by atoms with E-state index in [1.807, 2.05) is 42.2 Å². The molecule has 1 fully saturated rings. The molecule has 1 amide bonds. The zero-order chi connectivity index (χ0) is 44.4. The first-order valence-corrected chi connectivity index (χ1v) is 24.2. The summed E-state index contributed by atoms with van der Waals surface area (Å²) in [4.78, 5) is 22.8. The molecule has 0 bridgehead atoms. The number of oxime groups is 1. The molecule has 6 rings (SSSR count). The summed E-state index contributed by atoms with van der Waals surface area (Å²) in [6.07, 6.45) is 20.3. The summed E-state index contributed by atoms with van der Waals surface area (Å²) in [5.41, 5.74) is 3.54. The quantitative estimate of drug-likeness (QED) is 0.0392. The van der Waals surface area contributed by atoms with Gasteiger partial charge in [0, 0.05) is 31.1 Å². The average Bonchev–Trinajstić information content (AvgIpc) is 3.30. The number of amides is 1. The van der Waals surface area contributed by atoms with Crippen LogP contribution in [0, 0.1) is 17.8 Å². The molecule has 0 aromatic heterocycles. The lowest BCUT2D eigenvalue weighted by molar-refractivity contribution is -0.256. The second-order valence-corrected chi connectivity index (χ2v) is 17.8. The number of unbranched alkanes of at least 4 members (excludes halogenated alkanes) is 11. The van der Waals surface area contributed by atoms with Crippen LogP contribution in [0.15, 0.2) is 90.1 Å². The van der Waals surface area contributed by atoms with Crippen molar-refractivity contribution in [3.8, 4) is 11.5 Å². The normalized spacial score (nSPS) is 23.1. The van der Waals surface area contributed by atoms with Crippen LogP contribution >= 0.6 is 0 Å². The van der Waals surface area contributed by atoms with Crippen molar-refractivity contribution in [3.05, 3.63) is 96.1 Å². The first-order chi connectivity index (χ1) is 30.9. The largest absolute Gasteiger partial charge is 0.508 e. The summed E-state index contributed by atoms with van der Waals surface area (Å²) >= 11 is 0. The molecule has 3 aromatic carbocycles. The molecule has 344 valence electrons. The fourth-order valence-electron chi connectivity index (χ4n) is 10.5. The van der Waals surface area contributed by atoms with Gasteiger partial charge in [-0.3, -0.25) is 4.90 Å². The molecular weight excluding hydrogens is 793 g/mol. The molecule has 0 radical (unpaired) electrons. The predicted octanol–water partition coefficient (Wildman–Crippen LogP) is 11.8. The standard InChI is InChI=1S/C53H74N2O8/c1-4-7-8-9-10-11-12-13-14-21-34-60-52(59)55(38-41-26-22-25-39-23-15-16-27-43(39)41)49-37-47(54-62-6-3)45-35-40(24-17-19-31-56)44(28-18-20-32-57)50-46-36-42(58)29-30-48(46)63-53(49,51(45)50)61-33-5-2/h5,15-16,22-23,25-27,29-30,35-36,40,44,49-51,56-58H,2,4,6-14,17-21,24,28,31-34,37-38H2,1,3H3/t40-,44+,49-,50+,51+,53+/m0/s1. The van der Waals surface area contributed by atoms with Crippen molar-refractivity contribution in [2.45, 2.75) is 147 Å². The van der Waals surface area contributed by atoms with E-state index in [-0.39, 0.29) is 56.3 Å². The lowest BCUT2D eigenvalue weighted by Crippen LogP contribution is -2.70. The van der Waals surface area contributed by atoms with Gasteiger partial charge in [0.15, 0.2) is 0 Å². The Morgan fingerprint density at radius 1 is 0.889 bits per heavy atom. The van der Waals surface area contributed by atoms with Crippen LogP contribution in [0.5, 0.6) is 11.5 Å². The number of carbonyl (C=O) groups is 1. The Hall–Kier alpha value is -4.38. The van der Waals surface area contributed by atoms with E-state index in [1.54, 1.807) is 12.1 Å². The highest BCUT2D eigenvalue weighted by atomic mass is 16.7. The molecule has 1 saturated carbocycles. The van der Waals surface area contributed by atoms with Crippen LogP contribution in [0.4, 0.5) is 4.79 Å². The van der Waals surface area contributed by atoms with Crippen LogP contribution in [0.2, 0.25) is 0 Å². The molecule has 0 saturated heterocycles. The van der Waals surface area contributed by atoms with E-state index in [1.165, 1.54) is 44.9 Å². The van der Waals surface area contributed by atoms with Gasteiger partial charge in [0.25, 0.3) is 0 Å². The van der Waals surface area contributed by atoms with E-state index >= 15 is 4.79 Å². The summed E-state index contributed by atoms with van der Waals surface area (Å²) in [5.74, 6) is -1.23. The number of phenolic OH excluding ortho intramolecular Hbond substituents is 1. The van der Waals surface area contributed by atoms with Crippen LogP contribution in [-0.4, -0.2) is 76.9 Å². The van der Waals surface area contributed by atoms with Crippen LogP contribution in [0.1, 0.15) is 140 Å². The number of hydrogen-bond acceptors (Lipinski definition) is 9. The van der Waals surface area contributed by atoms with Crippen molar-refractivity contribution in [2.24, 2.45) is 22.9 Å². The topological polar surface area (TPSA) is 130 Å². The van der Waals surface area contributed by atoms with E-state index in [2.05, 4.69) is 43.8 Å². The Kier molecular flexibility index (Phi) is 18.8. The lowest BCUT2D eigenvalue weighted by atomic mass is 9.55. The number of nitrogens with zero attached hydrogens (tertiary/aromatic N) is 2. The molecule has 1 aliphatic heterocycles. The number of rotatable bonds is 27. The maximum Gasteiger partial charge on any atom is 0.410 e. The molecule has 0 unspecified atom stereocenters. The number of aliphatic hydroxyl groups is 2. The minimum atomic E-state index is -1.42. The van der Waals surface area contributed by atoms with Crippen LogP contribution in [0.3, 0.4) is 0 Å². The summed E-state index contributed by atoms with van der Waals surface area (Å²) in [7, 11) is 0. The number of phenols is 1. The van der Waals surface area contributed by atoms with Crippen molar-refractivity contribution in [1.82, 2.24) is 4.90 Å². The summed E-state index contributed by atoms with van der Waals surface area (Å²) < 4.78 is 20.7. The fraction of sp³-hybridized carbons (Fsp3) is 0.585. The van der Waals surface area contributed by atoms with E-state index in [9.17, 15) is 15.3 Å². The van der Waals surface area contributed by atoms with Gasteiger partial charge >= 0.3 is 6.09 Å². The SMILES string of the molecule is C=CCO[C@@]12Oc3ccc(O)cc3[C@H]3[C@H](CCCCO)[C@@H](CCCCO)C=C(C(=NOCC)C[C@@H]1N(Cc1cccc4ccccc14)C(=O)OCCCCCCCCCCCC)[C@H]32. The first-order valence-electron chi connectivity index (χ1n) is 24.2. The number of aromatic hydroxyl groups is 1. The highest BCUT2D eigenvalue weighted by molar-refractivity contribution is 6.03. The van der Waals surface area contributed by atoms with Gasteiger partial charge in [0.1, 0.15) is 24.1 Å². The molecule has 10 nitrogen and oxygen atoms in total. The number of carbonyl (C=O) groups excluding carboxylic acids is 1. The number of aliphatic hydroxyl groups excluding tert-OH is 2. The van der Waals surface area contributed by atoms with E-state index < -0.39 is 23.8 Å². The minimum absolute atomic E-state index is 0.0575. The predicted molar refractivity (Wildman–Crippen MR) is 251 cm³/mol. The summed E-state index contributed by atoms with van der Waals surface area (Å²) in [5, 5.41) is 37.8. The number of hydrogen-bond donors (Lipinski definition) is 3. The maximum absolute atomic E-state index is 15.0. The third kappa shape index (κ3) is 11.9. The number of benzene rings is 3. The zero-order valence-electron chi connectivity index (χ0n) is 38.1.